The third kappa shape index (κ3) is 4.43. The molecule has 0 amide bonds. The molecule has 2 heteroatoms. The molecule has 0 aliphatic rings. The Labute approximate surface area is 293 Å². The lowest BCUT2D eigenvalue weighted by Crippen LogP contribution is -2.02. The Hall–Kier alpha value is -6.64. The van der Waals surface area contributed by atoms with Gasteiger partial charge in [-0.3, -0.25) is 0 Å². The third-order valence-corrected chi connectivity index (χ3v) is 9.88. The van der Waals surface area contributed by atoms with Crippen LogP contribution in [-0.2, 0) is 0 Å². The molecule has 0 saturated carbocycles. The standard InChI is InChI=1S/C48H32N2/c1-4-16-33(17-5-1)36-30-41(34-18-6-2-7-19-34)48(42(31-36)35-20-8-3-9-21-35)50-46-27-15-12-24-40(46)43-32-37(28-29-47(43)50)49-44-25-13-10-22-38(44)39-23-11-14-26-45(39)49/h1-32H/i30D,31D. The van der Waals surface area contributed by atoms with E-state index in [1.807, 2.05) is 66.7 Å². The maximum atomic E-state index is 9.93. The first-order valence-electron chi connectivity index (χ1n) is 18.0. The molecule has 0 aliphatic carbocycles. The first-order valence-corrected chi connectivity index (χ1v) is 17.0. The molecule has 0 spiro atoms. The summed E-state index contributed by atoms with van der Waals surface area (Å²) < 4.78 is 24.5. The van der Waals surface area contributed by atoms with Crippen molar-refractivity contribution in [3.63, 3.8) is 0 Å². The van der Waals surface area contributed by atoms with Crippen LogP contribution in [0.15, 0.2) is 194 Å². The lowest BCUT2D eigenvalue weighted by molar-refractivity contribution is 1.17. The fourth-order valence-electron chi connectivity index (χ4n) is 7.67. The number of rotatable bonds is 5. The monoisotopic (exact) mass is 638 g/mol. The molecule has 2 nitrogen and oxygen atoms in total. The summed E-state index contributed by atoms with van der Waals surface area (Å²) in [6, 6.07) is 63.6. The van der Waals surface area contributed by atoms with Gasteiger partial charge in [0.2, 0.25) is 0 Å². The molecule has 0 atom stereocenters. The third-order valence-electron chi connectivity index (χ3n) is 9.88. The van der Waals surface area contributed by atoms with Crippen molar-refractivity contribution < 1.29 is 2.74 Å². The van der Waals surface area contributed by atoms with Gasteiger partial charge >= 0.3 is 0 Å². The van der Waals surface area contributed by atoms with Crippen molar-refractivity contribution in [2.24, 2.45) is 0 Å². The number of para-hydroxylation sites is 3. The lowest BCUT2D eigenvalue weighted by atomic mass is 9.90. The van der Waals surface area contributed by atoms with Gasteiger partial charge in [0.25, 0.3) is 0 Å². The van der Waals surface area contributed by atoms with E-state index in [9.17, 15) is 2.74 Å². The highest BCUT2D eigenvalue weighted by molar-refractivity contribution is 6.13. The topological polar surface area (TPSA) is 9.86 Å². The second-order valence-corrected chi connectivity index (χ2v) is 12.7. The molecular weight excluding hydrogens is 605 g/mol. The highest BCUT2D eigenvalue weighted by Crippen LogP contribution is 2.44. The van der Waals surface area contributed by atoms with E-state index in [-0.39, 0.29) is 0 Å². The average Bonchev–Trinajstić information content (AvgIpc) is 3.71. The Morgan fingerprint density at radius 1 is 0.320 bits per heavy atom. The fourth-order valence-corrected chi connectivity index (χ4v) is 7.67. The summed E-state index contributed by atoms with van der Waals surface area (Å²) in [5.74, 6) is 0. The van der Waals surface area contributed by atoms with Crippen molar-refractivity contribution in [3.8, 4) is 44.8 Å². The molecule has 8 aromatic carbocycles. The molecule has 10 rings (SSSR count). The number of nitrogens with zero attached hydrogens (tertiary/aromatic N) is 2. The molecule has 0 bridgehead atoms. The zero-order valence-corrected chi connectivity index (χ0v) is 27.2. The maximum Gasteiger partial charge on any atom is 0.0637 e. The Bertz CT molecular complexity index is 2840. The van der Waals surface area contributed by atoms with Crippen LogP contribution in [0.1, 0.15) is 2.74 Å². The minimum atomic E-state index is 0.338. The quantitative estimate of drug-likeness (QED) is 0.178. The van der Waals surface area contributed by atoms with Crippen molar-refractivity contribution in [1.82, 2.24) is 9.13 Å². The molecule has 0 fully saturated rings. The van der Waals surface area contributed by atoms with E-state index in [2.05, 4.69) is 124 Å². The minimum Gasteiger partial charge on any atom is -0.309 e. The first kappa shape index (κ1) is 26.3. The molecule has 0 N–H and O–H groups in total. The van der Waals surface area contributed by atoms with E-state index in [0.717, 1.165) is 61.0 Å². The SMILES string of the molecule is [2H]c1c(-c2ccccc2)c([2H])c(-c2ccccc2)c(-n2c3ccccc3c3cc(-n4c5ccccc5c5ccccc54)ccc32)c1-c1ccccc1. The summed E-state index contributed by atoms with van der Waals surface area (Å²) in [5, 5.41) is 4.68. The molecule has 50 heavy (non-hydrogen) atoms. The smallest absolute Gasteiger partial charge is 0.0637 e. The second-order valence-electron chi connectivity index (χ2n) is 12.7. The van der Waals surface area contributed by atoms with Gasteiger partial charge in [-0.05, 0) is 70.7 Å². The number of aromatic nitrogens is 2. The lowest BCUT2D eigenvalue weighted by Gasteiger charge is -2.21. The molecule has 0 unspecified atom stereocenters. The zero-order chi connectivity index (χ0) is 34.8. The molecule has 234 valence electrons. The molecule has 0 aliphatic heterocycles. The van der Waals surface area contributed by atoms with Gasteiger partial charge in [-0.25, -0.2) is 0 Å². The van der Waals surface area contributed by atoms with Crippen molar-refractivity contribution in [3.05, 3.63) is 194 Å². The molecule has 2 aromatic heterocycles. The van der Waals surface area contributed by atoms with Crippen molar-refractivity contribution >= 4 is 43.6 Å². The predicted molar refractivity (Wildman–Crippen MR) is 211 cm³/mol. The fraction of sp³-hybridized carbons (Fsp3) is 0. The first-order chi connectivity index (χ1) is 25.7. The van der Waals surface area contributed by atoms with E-state index in [0.29, 0.717) is 17.6 Å². The van der Waals surface area contributed by atoms with Crippen LogP contribution in [0.2, 0.25) is 0 Å². The van der Waals surface area contributed by atoms with E-state index >= 15 is 0 Å². The molecular formula is C48H32N2. The van der Waals surface area contributed by atoms with Crippen LogP contribution in [-0.4, -0.2) is 9.13 Å². The van der Waals surface area contributed by atoms with Gasteiger partial charge < -0.3 is 9.13 Å². The summed E-state index contributed by atoms with van der Waals surface area (Å²) in [6.45, 7) is 0. The Balaban J connectivity index is 1.36. The van der Waals surface area contributed by atoms with Gasteiger partial charge in [-0.2, -0.15) is 0 Å². The highest BCUT2D eigenvalue weighted by atomic mass is 15.0. The summed E-state index contributed by atoms with van der Waals surface area (Å²) in [7, 11) is 0. The van der Waals surface area contributed by atoms with Gasteiger partial charge in [-0.15, -0.1) is 0 Å². The van der Waals surface area contributed by atoms with Gasteiger partial charge in [0.1, 0.15) is 0 Å². The van der Waals surface area contributed by atoms with Crippen molar-refractivity contribution in [1.29, 1.82) is 0 Å². The molecule has 0 saturated heterocycles. The predicted octanol–water partition coefficient (Wildman–Crippen LogP) is 12.9. The van der Waals surface area contributed by atoms with Crippen molar-refractivity contribution in [2.45, 2.75) is 0 Å². The van der Waals surface area contributed by atoms with Gasteiger partial charge in [-0.1, -0.05) is 146 Å². The van der Waals surface area contributed by atoms with Gasteiger partial charge in [0.05, 0.1) is 30.5 Å². The van der Waals surface area contributed by atoms with E-state index in [4.69, 9.17) is 0 Å². The minimum absolute atomic E-state index is 0.338. The zero-order valence-electron chi connectivity index (χ0n) is 29.2. The number of hydrogen-bond donors (Lipinski definition) is 0. The molecule has 0 radical (unpaired) electrons. The largest absolute Gasteiger partial charge is 0.309 e. The van der Waals surface area contributed by atoms with Crippen LogP contribution in [0, 0.1) is 0 Å². The summed E-state index contributed by atoms with van der Waals surface area (Å²) in [6.07, 6.45) is 0. The average molecular weight is 639 g/mol. The van der Waals surface area contributed by atoms with E-state index < -0.39 is 0 Å². The summed E-state index contributed by atoms with van der Waals surface area (Å²) in [5.41, 5.74) is 11.2. The van der Waals surface area contributed by atoms with Crippen LogP contribution < -0.4 is 0 Å². The van der Waals surface area contributed by atoms with E-state index in [1.54, 1.807) is 0 Å². The normalized spacial score (nSPS) is 12.2. The second kappa shape index (κ2) is 11.5. The number of fused-ring (bicyclic) bond motifs is 6. The van der Waals surface area contributed by atoms with Gasteiger partial charge in [0.15, 0.2) is 0 Å². The summed E-state index contributed by atoms with van der Waals surface area (Å²) in [4.78, 5) is 0. The Kier molecular flexibility index (Phi) is 6.06. The van der Waals surface area contributed by atoms with Crippen molar-refractivity contribution in [2.75, 3.05) is 0 Å². The number of benzene rings is 8. The Morgan fingerprint density at radius 3 is 1.24 bits per heavy atom. The van der Waals surface area contributed by atoms with E-state index in [1.165, 1.54) is 21.8 Å². The van der Waals surface area contributed by atoms with Crippen LogP contribution >= 0.6 is 0 Å². The molecule has 10 aromatic rings. The molecule has 2 heterocycles. The van der Waals surface area contributed by atoms with Crippen LogP contribution in [0.3, 0.4) is 0 Å². The van der Waals surface area contributed by atoms with Crippen LogP contribution in [0.5, 0.6) is 0 Å². The Morgan fingerprint density at radius 2 is 0.720 bits per heavy atom. The maximum absolute atomic E-state index is 9.93. The highest BCUT2D eigenvalue weighted by Gasteiger charge is 2.22. The summed E-state index contributed by atoms with van der Waals surface area (Å²) >= 11 is 0. The van der Waals surface area contributed by atoms with Gasteiger partial charge in [0, 0.05) is 38.4 Å². The van der Waals surface area contributed by atoms with Crippen LogP contribution in [0.4, 0.5) is 0 Å². The number of hydrogen-bond acceptors (Lipinski definition) is 0. The van der Waals surface area contributed by atoms with Crippen LogP contribution in [0.25, 0.3) is 88.4 Å².